The second-order valence-electron chi connectivity index (χ2n) is 15.3. The number of nitrogens with zero attached hydrogens (tertiary/aromatic N) is 1. The highest BCUT2D eigenvalue weighted by atomic mass is 16.3. The molecule has 2 heteroatoms. The van der Waals surface area contributed by atoms with Crippen molar-refractivity contribution in [3.8, 4) is 33.4 Å². The smallest absolute Gasteiger partial charge is 0.143 e. The molecule has 1 aromatic heterocycles. The number of anilines is 3. The van der Waals surface area contributed by atoms with Gasteiger partial charge in [-0.15, -0.1) is 0 Å². The van der Waals surface area contributed by atoms with Gasteiger partial charge in [0.2, 0.25) is 0 Å². The van der Waals surface area contributed by atoms with Crippen LogP contribution in [-0.4, -0.2) is 0 Å². The van der Waals surface area contributed by atoms with Gasteiger partial charge in [0.1, 0.15) is 11.2 Å². The topological polar surface area (TPSA) is 16.4 Å². The van der Waals surface area contributed by atoms with Crippen molar-refractivity contribution in [2.45, 2.75) is 19.3 Å². The van der Waals surface area contributed by atoms with E-state index in [1.807, 2.05) is 0 Å². The van der Waals surface area contributed by atoms with Gasteiger partial charge in [0.05, 0.1) is 0 Å². The van der Waals surface area contributed by atoms with E-state index >= 15 is 0 Å². The highest BCUT2D eigenvalue weighted by molar-refractivity contribution is 6.17. The minimum Gasteiger partial charge on any atom is -0.455 e. The van der Waals surface area contributed by atoms with Crippen LogP contribution in [0.15, 0.2) is 192 Å². The van der Waals surface area contributed by atoms with Crippen molar-refractivity contribution in [1.29, 1.82) is 0 Å². The van der Waals surface area contributed by atoms with Gasteiger partial charge in [-0.3, -0.25) is 0 Å². The third-order valence-corrected chi connectivity index (χ3v) is 11.9. The zero-order chi connectivity index (χ0) is 36.7. The molecule has 0 unspecified atom stereocenters. The molecular weight excluding hydrogens is 667 g/mol. The van der Waals surface area contributed by atoms with Crippen LogP contribution < -0.4 is 4.90 Å². The average molecular weight is 704 g/mol. The lowest BCUT2D eigenvalue weighted by atomic mass is 9.82. The summed E-state index contributed by atoms with van der Waals surface area (Å²) in [6.07, 6.45) is 0. The number of fused-ring (bicyclic) bond motifs is 9. The van der Waals surface area contributed by atoms with Crippen molar-refractivity contribution in [3.63, 3.8) is 0 Å². The molecule has 55 heavy (non-hydrogen) atoms. The Bertz CT molecular complexity index is 3110. The van der Waals surface area contributed by atoms with E-state index < -0.39 is 0 Å². The van der Waals surface area contributed by atoms with Crippen LogP contribution in [0.25, 0.3) is 76.9 Å². The first kappa shape index (κ1) is 31.6. The molecule has 1 heterocycles. The summed E-state index contributed by atoms with van der Waals surface area (Å²) in [5.41, 5.74) is 15.1. The van der Waals surface area contributed by atoms with E-state index in [0.717, 1.165) is 55.5 Å². The molecule has 0 N–H and O–H groups in total. The van der Waals surface area contributed by atoms with Gasteiger partial charge >= 0.3 is 0 Å². The number of para-hydroxylation sites is 1. The molecule has 0 saturated carbocycles. The highest BCUT2D eigenvalue weighted by Gasteiger charge is 2.35. The summed E-state index contributed by atoms with van der Waals surface area (Å²) < 4.78 is 6.72. The predicted octanol–water partition coefficient (Wildman–Crippen LogP) is 15.0. The molecule has 11 rings (SSSR count). The van der Waals surface area contributed by atoms with Gasteiger partial charge in [0.25, 0.3) is 0 Å². The molecule has 1 aliphatic rings. The first-order valence-electron chi connectivity index (χ1n) is 19.1. The van der Waals surface area contributed by atoms with Crippen LogP contribution in [0.2, 0.25) is 0 Å². The minimum absolute atomic E-state index is 0.103. The second kappa shape index (κ2) is 12.1. The molecule has 2 nitrogen and oxygen atoms in total. The third kappa shape index (κ3) is 4.95. The summed E-state index contributed by atoms with van der Waals surface area (Å²) in [6.45, 7) is 4.70. The van der Waals surface area contributed by atoms with Gasteiger partial charge in [0, 0.05) is 44.2 Å². The van der Waals surface area contributed by atoms with Crippen LogP contribution in [0.4, 0.5) is 17.1 Å². The van der Waals surface area contributed by atoms with E-state index in [2.05, 4.69) is 207 Å². The fourth-order valence-corrected chi connectivity index (χ4v) is 8.99. The Hall–Kier alpha value is -6.90. The molecular formula is C53H37NO. The highest BCUT2D eigenvalue weighted by Crippen LogP contribution is 2.51. The van der Waals surface area contributed by atoms with E-state index in [0.29, 0.717) is 0 Å². The molecule has 0 bridgehead atoms. The summed E-state index contributed by atoms with van der Waals surface area (Å²) in [5.74, 6) is 0. The van der Waals surface area contributed by atoms with Gasteiger partial charge in [-0.1, -0.05) is 153 Å². The average Bonchev–Trinajstić information content (AvgIpc) is 3.74. The van der Waals surface area contributed by atoms with E-state index in [1.165, 1.54) is 49.5 Å². The summed E-state index contributed by atoms with van der Waals surface area (Å²) in [6, 6.07) is 68.4. The Kier molecular flexibility index (Phi) is 6.93. The van der Waals surface area contributed by atoms with Crippen molar-refractivity contribution in [2.24, 2.45) is 0 Å². The molecule has 0 fully saturated rings. The maximum Gasteiger partial charge on any atom is 0.143 e. The van der Waals surface area contributed by atoms with E-state index in [-0.39, 0.29) is 5.41 Å². The standard InChI is InChI=1S/C53H37NO/c1-53(2)49-17-8-7-14-45(49)46-31-29-42(33-50(46)53)54(40-25-20-35(21-26-40)39-19-18-34-10-3-4-12-38(34)32-39)41-27-22-37(23-28-41)44-15-9-16-47-48-30-24-36-11-5-6-13-43(36)52(48)55-51(44)47/h3-33H,1-2H3. The molecule has 0 atom stereocenters. The van der Waals surface area contributed by atoms with Gasteiger partial charge in [0.15, 0.2) is 0 Å². The monoisotopic (exact) mass is 703 g/mol. The van der Waals surface area contributed by atoms with Crippen LogP contribution in [0, 0.1) is 0 Å². The lowest BCUT2D eigenvalue weighted by Gasteiger charge is -2.28. The zero-order valence-corrected chi connectivity index (χ0v) is 30.8. The lowest BCUT2D eigenvalue weighted by Crippen LogP contribution is -2.16. The molecule has 10 aromatic rings. The Morgan fingerprint density at radius 3 is 1.76 bits per heavy atom. The Labute approximate surface area is 320 Å². The summed E-state index contributed by atoms with van der Waals surface area (Å²) in [4.78, 5) is 2.39. The molecule has 1 aliphatic carbocycles. The van der Waals surface area contributed by atoms with Crippen molar-refractivity contribution in [3.05, 3.63) is 199 Å². The largest absolute Gasteiger partial charge is 0.455 e. The summed E-state index contributed by atoms with van der Waals surface area (Å²) >= 11 is 0. The van der Waals surface area contributed by atoms with Crippen molar-refractivity contribution >= 4 is 60.5 Å². The fraction of sp³-hybridized carbons (Fsp3) is 0.0566. The molecule has 0 spiro atoms. The minimum atomic E-state index is -0.103. The quantitative estimate of drug-likeness (QED) is 0.177. The molecule has 0 aliphatic heterocycles. The number of furan rings is 1. The molecule has 0 saturated heterocycles. The number of rotatable bonds is 5. The van der Waals surface area contributed by atoms with Crippen LogP contribution in [-0.2, 0) is 5.41 Å². The Balaban J connectivity index is 1.02. The fourth-order valence-electron chi connectivity index (χ4n) is 8.99. The van der Waals surface area contributed by atoms with Crippen molar-refractivity contribution in [1.82, 2.24) is 0 Å². The number of benzene rings is 9. The van der Waals surface area contributed by atoms with Gasteiger partial charge in [-0.2, -0.15) is 0 Å². The van der Waals surface area contributed by atoms with Gasteiger partial charge in [-0.25, -0.2) is 0 Å². The molecule has 9 aromatic carbocycles. The first-order chi connectivity index (χ1) is 27.0. The van der Waals surface area contributed by atoms with Crippen LogP contribution in [0.3, 0.4) is 0 Å². The third-order valence-electron chi connectivity index (χ3n) is 11.9. The number of hydrogen-bond acceptors (Lipinski definition) is 2. The zero-order valence-electron chi connectivity index (χ0n) is 30.8. The van der Waals surface area contributed by atoms with Crippen molar-refractivity contribution in [2.75, 3.05) is 4.90 Å². The molecule has 260 valence electrons. The lowest BCUT2D eigenvalue weighted by molar-refractivity contribution is 0.660. The SMILES string of the molecule is CC1(C)c2ccccc2-c2ccc(N(c3ccc(-c4ccc5ccccc5c4)cc3)c3ccc(-c4cccc5c4oc4c6ccccc6ccc54)cc3)cc21. The Morgan fingerprint density at radius 2 is 0.945 bits per heavy atom. The van der Waals surface area contributed by atoms with Crippen LogP contribution in [0.5, 0.6) is 0 Å². The van der Waals surface area contributed by atoms with E-state index in [4.69, 9.17) is 4.42 Å². The van der Waals surface area contributed by atoms with Gasteiger partial charge < -0.3 is 9.32 Å². The molecule has 0 radical (unpaired) electrons. The van der Waals surface area contributed by atoms with Crippen molar-refractivity contribution < 1.29 is 4.42 Å². The first-order valence-corrected chi connectivity index (χ1v) is 19.1. The van der Waals surface area contributed by atoms with E-state index in [1.54, 1.807) is 0 Å². The maximum absolute atomic E-state index is 6.72. The van der Waals surface area contributed by atoms with E-state index in [9.17, 15) is 0 Å². The summed E-state index contributed by atoms with van der Waals surface area (Å²) in [5, 5.41) is 7.11. The van der Waals surface area contributed by atoms with Crippen LogP contribution >= 0.6 is 0 Å². The summed E-state index contributed by atoms with van der Waals surface area (Å²) in [7, 11) is 0. The number of hydrogen-bond donors (Lipinski definition) is 0. The maximum atomic E-state index is 6.72. The van der Waals surface area contributed by atoms with Gasteiger partial charge in [-0.05, 0) is 104 Å². The van der Waals surface area contributed by atoms with Crippen LogP contribution in [0.1, 0.15) is 25.0 Å². The Morgan fingerprint density at radius 1 is 0.364 bits per heavy atom. The molecule has 0 amide bonds. The second-order valence-corrected chi connectivity index (χ2v) is 15.3. The normalized spacial score (nSPS) is 13.1. The predicted molar refractivity (Wildman–Crippen MR) is 232 cm³/mol.